The Morgan fingerprint density at radius 1 is 1.36 bits per heavy atom. The van der Waals surface area contributed by atoms with Gasteiger partial charge in [-0.15, -0.1) is 0 Å². The molecular formula is C20H28N4O. The molecule has 1 aromatic heterocycles. The van der Waals surface area contributed by atoms with Crippen LogP contribution in [-0.2, 0) is 4.79 Å². The van der Waals surface area contributed by atoms with Crippen molar-refractivity contribution in [3.8, 4) is 0 Å². The van der Waals surface area contributed by atoms with Gasteiger partial charge < -0.3 is 9.88 Å². The number of piperidine rings is 1. The summed E-state index contributed by atoms with van der Waals surface area (Å²) in [6, 6.07) is 8.60. The van der Waals surface area contributed by atoms with Crippen LogP contribution in [0.3, 0.4) is 0 Å². The molecule has 25 heavy (non-hydrogen) atoms. The lowest BCUT2D eigenvalue weighted by molar-refractivity contribution is -0.121. The van der Waals surface area contributed by atoms with E-state index >= 15 is 0 Å². The van der Waals surface area contributed by atoms with Gasteiger partial charge >= 0.3 is 0 Å². The van der Waals surface area contributed by atoms with E-state index in [1.807, 2.05) is 19.1 Å². The summed E-state index contributed by atoms with van der Waals surface area (Å²) in [5, 5.41) is 2.73. The van der Waals surface area contributed by atoms with Gasteiger partial charge in [0, 0.05) is 25.7 Å². The summed E-state index contributed by atoms with van der Waals surface area (Å²) < 4.78 is 2.16. The average Bonchev–Trinajstić information content (AvgIpc) is 2.95. The van der Waals surface area contributed by atoms with Gasteiger partial charge in [-0.1, -0.05) is 18.2 Å². The Balaban J connectivity index is 1.61. The predicted molar refractivity (Wildman–Crippen MR) is 102 cm³/mol. The summed E-state index contributed by atoms with van der Waals surface area (Å²) in [5.74, 6) is 1.69. The number of nitrogens with zero attached hydrogens (tertiary/aromatic N) is 3. The molecule has 3 rings (SSSR count). The SMILES string of the molecule is CNC(=O)CC1CCN(C(C)/C=C\n2c(C)nc3ccccc32)CC1. The first-order valence-electron chi connectivity index (χ1n) is 9.15. The molecule has 2 heterocycles. The van der Waals surface area contributed by atoms with Gasteiger partial charge in [-0.2, -0.15) is 0 Å². The van der Waals surface area contributed by atoms with Crippen LogP contribution >= 0.6 is 0 Å². The van der Waals surface area contributed by atoms with Crippen LogP contribution in [0, 0.1) is 12.8 Å². The largest absolute Gasteiger partial charge is 0.359 e. The lowest BCUT2D eigenvalue weighted by Crippen LogP contribution is -2.40. The van der Waals surface area contributed by atoms with E-state index in [1.54, 1.807) is 7.05 Å². The van der Waals surface area contributed by atoms with Gasteiger partial charge in [0.1, 0.15) is 5.82 Å². The fourth-order valence-corrected chi connectivity index (χ4v) is 3.61. The number of nitrogens with one attached hydrogen (secondary N) is 1. The molecule has 1 fully saturated rings. The summed E-state index contributed by atoms with van der Waals surface area (Å²) in [6.45, 7) is 6.39. The second-order valence-electron chi connectivity index (χ2n) is 6.96. The van der Waals surface area contributed by atoms with Crippen LogP contribution < -0.4 is 5.32 Å². The molecule has 1 saturated heterocycles. The third-order valence-electron chi connectivity index (χ3n) is 5.26. The lowest BCUT2D eigenvalue weighted by Gasteiger charge is -2.34. The molecule has 1 atom stereocenters. The maximum absolute atomic E-state index is 11.5. The van der Waals surface area contributed by atoms with E-state index in [2.05, 4.69) is 51.1 Å². The molecule has 0 bridgehead atoms. The molecule has 1 amide bonds. The molecule has 0 spiro atoms. The third kappa shape index (κ3) is 4.10. The van der Waals surface area contributed by atoms with Crippen molar-refractivity contribution in [3.63, 3.8) is 0 Å². The molecule has 5 nitrogen and oxygen atoms in total. The molecule has 1 N–H and O–H groups in total. The van der Waals surface area contributed by atoms with Crippen LogP contribution in [0.5, 0.6) is 0 Å². The number of likely N-dealkylation sites (tertiary alicyclic amines) is 1. The molecule has 2 aromatic rings. The highest BCUT2D eigenvalue weighted by molar-refractivity contribution is 5.78. The number of hydrogen-bond donors (Lipinski definition) is 1. The second-order valence-corrected chi connectivity index (χ2v) is 6.96. The Labute approximate surface area is 149 Å². The number of amides is 1. The van der Waals surface area contributed by atoms with E-state index in [4.69, 9.17) is 0 Å². The van der Waals surface area contributed by atoms with E-state index in [9.17, 15) is 4.79 Å². The van der Waals surface area contributed by atoms with Crippen molar-refractivity contribution >= 4 is 23.1 Å². The highest BCUT2D eigenvalue weighted by Gasteiger charge is 2.23. The van der Waals surface area contributed by atoms with E-state index in [-0.39, 0.29) is 5.91 Å². The van der Waals surface area contributed by atoms with Gasteiger partial charge in [-0.25, -0.2) is 4.98 Å². The first-order chi connectivity index (χ1) is 12.1. The van der Waals surface area contributed by atoms with Crippen molar-refractivity contribution in [2.75, 3.05) is 20.1 Å². The van der Waals surface area contributed by atoms with Gasteiger partial charge in [0.05, 0.1) is 11.0 Å². The number of aryl methyl sites for hydroxylation is 1. The van der Waals surface area contributed by atoms with Crippen LogP contribution in [0.25, 0.3) is 17.2 Å². The Kier molecular flexibility index (Phi) is 5.53. The summed E-state index contributed by atoms with van der Waals surface area (Å²) in [7, 11) is 1.71. The second kappa shape index (κ2) is 7.83. The zero-order valence-electron chi connectivity index (χ0n) is 15.4. The maximum Gasteiger partial charge on any atom is 0.220 e. The number of carbonyl (C=O) groups is 1. The van der Waals surface area contributed by atoms with Crippen molar-refractivity contribution < 1.29 is 4.79 Å². The predicted octanol–water partition coefficient (Wildman–Crippen LogP) is 3.05. The van der Waals surface area contributed by atoms with E-state index in [1.165, 1.54) is 0 Å². The molecule has 1 aromatic carbocycles. The number of benzene rings is 1. The topological polar surface area (TPSA) is 50.2 Å². The molecular weight excluding hydrogens is 312 g/mol. The van der Waals surface area contributed by atoms with Gasteiger partial charge in [0.15, 0.2) is 0 Å². The van der Waals surface area contributed by atoms with Crippen molar-refractivity contribution in [3.05, 3.63) is 36.2 Å². The zero-order chi connectivity index (χ0) is 17.8. The first kappa shape index (κ1) is 17.7. The minimum absolute atomic E-state index is 0.161. The normalized spacial score (nSPS) is 18.0. The van der Waals surface area contributed by atoms with Crippen molar-refractivity contribution in [2.24, 2.45) is 5.92 Å². The molecule has 5 heteroatoms. The van der Waals surface area contributed by atoms with Gasteiger partial charge in [0.25, 0.3) is 0 Å². The quantitative estimate of drug-likeness (QED) is 0.910. The zero-order valence-corrected chi connectivity index (χ0v) is 15.4. The van der Waals surface area contributed by atoms with Crippen molar-refractivity contribution in [1.82, 2.24) is 19.8 Å². The molecule has 1 aliphatic heterocycles. The molecule has 134 valence electrons. The van der Waals surface area contributed by atoms with Crippen molar-refractivity contribution in [2.45, 2.75) is 39.2 Å². The minimum atomic E-state index is 0.161. The molecule has 0 aliphatic carbocycles. The Bertz CT molecular complexity index is 756. The van der Waals surface area contributed by atoms with Gasteiger partial charge in [-0.05, 0) is 57.8 Å². The Morgan fingerprint density at radius 2 is 2.08 bits per heavy atom. The van der Waals surface area contributed by atoms with E-state index in [0.717, 1.165) is 42.8 Å². The Hall–Kier alpha value is -2.14. The van der Waals surface area contributed by atoms with Crippen LogP contribution in [0.4, 0.5) is 0 Å². The number of hydrogen-bond acceptors (Lipinski definition) is 3. The lowest BCUT2D eigenvalue weighted by atomic mass is 9.92. The van der Waals surface area contributed by atoms with Crippen LogP contribution in [0.15, 0.2) is 30.3 Å². The number of carbonyl (C=O) groups excluding carboxylic acids is 1. The smallest absolute Gasteiger partial charge is 0.220 e. The number of fused-ring (bicyclic) bond motifs is 1. The minimum Gasteiger partial charge on any atom is -0.359 e. The van der Waals surface area contributed by atoms with Gasteiger partial charge in [-0.3, -0.25) is 9.69 Å². The van der Waals surface area contributed by atoms with E-state index < -0.39 is 0 Å². The fraction of sp³-hybridized carbons (Fsp3) is 0.500. The highest BCUT2D eigenvalue weighted by Crippen LogP contribution is 2.22. The fourth-order valence-electron chi connectivity index (χ4n) is 3.61. The van der Waals surface area contributed by atoms with Crippen molar-refractivity contribution in [1.29, 1.82) is 0 Å². The highest BCUT2D eigenvalue weighted by atomic mass is 16.1. The third-order valence-corrected chi connectivity index (χ3v) is 5.26. The number of imidazole rings is 1. The van der Waals surface area contributed by atoms with Crippen LogP contribution in [0.2, 0.25) is 0 Å². The summed E-state index contributed by atoms with van der Waals surface area (Å²) in [4.78, 5) is 18.6. The summed E-state index contributed by atoms with van der Waals surface area (Å²) in [6.07, 6.45) is 7.25. The van der Waals surface area contributed by atoms with Gasteiger partial charge in [0.2, 0.25) is 5.91 Å². The molecule has 1 aliphatic rings. The Morgan fingerprint density at radius 3 is 2.80 bits per heavy atom. The monoisotopic (exact) mass is 340 g/mol. The number of rotatable bonds is 5. The number of para-hydroxylation sites is 2. The summed E-state index contributed by atoms with van der Waals surface area (Å²) >= 11 is 0. The molecule has 1 unspecified atom stereocenters. The van der Waals surface area contributed by atoms with E-state index in [0.29, 0.717) is 18.4 Å². The first-order valence-corrected chi connectivity index (χ1v) is 9.15. The van der Waals surface area contributed by atoms with Crippen LogP contribution in [-0.4, -0.2) is 46.5 Å². The number of aromatic nitrogens is 2. The maximum atomic E-state index is 11.5. The standard InChI is InChI=1S/C20H28N4O/c1-15(23-11-9-17(10-12-23)14-20(25)21-3)8-13-24-16(2)22-18-6-4-5-7-19(18)24/h4-8,13,15,17H,9-12,14H2,1-3H3,(H,21,25)/b13-8-. The summed E-state index contributed by atoms with van der Waals surface area (Å²) in [5.41, 5.74) is 2.18. The molecule has 0 radical (unpaired) electrons. The average molecular weight is 340 g/mol. The van der Waals surface area contributed by atoms with Crippen LogP contribution in [0.1, 0.15) is 32.0 Å². The molecule has 0 saturated carbocycles.